The van der Waals surface area contributed by atoms with Crippen LogP contribution in [0.25, 0.3) is 0 Å². The van der Waals surface area contributed by atoms with Gasteiger partial charge in [0.2, 0.25) is 0 Å². The van der Waals surface area contributed by atoms with Gasteiger partial charge in [0.25, 0.3) is 0 Å². The second-order valence-electron chi connectivity index (χ2n) is 5.06. The van der Waals surface area contributed by atoms with Gasteiger partial charge in [-0.2, -0.15) is 0 Å². The van der Waals surface area contributed by atoms with Crippen molar-refractivity contribution in [2.75, 3.05) is 20.1 Å². The molecule has 0 amide bonds. The van der Waals surface area contributed by atoms with Crippen LogP contribution in [0, 0.1) is 11.7 Å². The van der Waals surface area contributed by atoms with Crippen LogP contribution < -0.4 is 0 Å². The fraction of sp³-hybridized carbons (Fsp3) is 0.571. The van der Waals surface area contributed by atoms with Crippen LogP contribution in [0.15, 0.2) is 24.3 Å². The quantitative estimate of drug-likeness (QED) is 0.822. The summed E-state index contributed by atoms with van der Waals surface area (Å²) in [6.07, 6.45) is 2.92. The molecule has 1 fully saturated rings. The van der Waals surface area contributed by atoms with Gasteiger partial charge in [-0.25, -0.2) is 4.39 Å². The lowest BCUT2D eigenvalue weighted by Crippen LogP contribution is -2.23. The van der Waals surface area contributed by atoms with Gasteiger partial charge in [0.15, 0.2) is 0 Å². The van der Waals surface area contributed by atoms with E-state index in [0.717, 1.165) is 24.6 Å². The first kappa shape index (κ1) is 12.5. The first-order chi connectivity index (χ1) is 8.15. The number of hydrogen-bond donors (Lipinski definition) is 1. The van der Waals surface area contributed by atoms with E-state index >= 15 is 0 Å². The van der Waals surface area contributed by atoms with Crippen LogP contribution in [0.5, 0.6) is 0 Å². The number of hydrogen-bond acceptors (Lipinski definition) is 2. The van der Waals surface area contributed by atoms with Gasteiger partial charge in [0.05, 0.1) is 6.10 Å². The second-order valence-corrected chi connectivity index (χ2v) is 5.06. The lowest BCUT2D eigenvalue weighted by atomic mass is 10.1. The average Bonchev–Trinajstić information content (AvgIpc) is 3.11. The van der Waals surface area contributed by atoms with Crippen molar-refractivity contribution >= 4 is 0 Å². The highest BCUT2D eigenvalue weighted by atomic mass is 19.1. The van der Waals surface area contributed by atoms with Crippen molar-refractivity contribution in [2.24, 2.45) is 5.92 Å². The van der Waals surface area contributed by atoms with Gasteiger partial charge in [0, 0.05) is 13.1 Å². The van der Waals surface area contributed by atoms with Gasteiger partial charge in [-0.15, -0.1) is 0 Å². The molecule has 1 saturated carbocycles. The lowest BCUT2D eigenvalue weighted by molar-refractivity contribution is 0.148. The molecule has 2 nitrogen and oxygen atoms in total. The summed E-state index contributed by atoms with van der Waals surface area (Å²) < 4.78 is 12.7. The molecule has 0 spiro atoms. The predicted molar refractivity (Wildman–Crippen MR) is 66.2 cm³/mol. The van der Waals surface area contributed by atoms with Gasteiger partial charge in [-0.1, -0.05) is 12.1 Å². The molecule has 1 aromatic carbocycles. The number of aliphatic hydroxyl groups excluding tert-OH is 1. The monoisotopic (exact) mass is 237 g/mol. The Kier molecular flexibility index (Phi) is 4.13. The molecule has 1 aromatic rings. The minimum atomic E-state index is -0.489. The third-order valence-corrected chi connectivity index (χ3v) is 3.31. The van der Waals surface area contributed by atoms with E-state index in [-0.39, 0.29) is 5.82 Å². The maximum Gasteiger partial charge on any atom is 0.123 e. The molecule has 0 heterocycles. The first-order valence-corrected chi connectivity index (χ1v) is 6.27. The normalized spacial score (nSPS) is 17.4. The van der Waals surface area contributed by atoms with Gasteiger partial charge in [-0.3, -0.25) is 0 Å². The van der Waals surface area contributed by atoms with Crippen LogP contribution in [0.1, 0.15) is 30.9 Å². The Hall–Kier alpha value is -0.930. The largest absolute Gasteiger partial charge is 0.388 e. The van der Waals surface area contributed by atoms with Crippen molar-refractivity contribution in [3.63, 3.8) is 0 Å². The number of halogens is 1. The van der Waals surface area contributed by atoms with E-state index in [1.165, 1.54) is 25.0 Å². The zero-order valence-electron chi connectivity index (χ0n) is 10.3. The Morgan fingerprint density at radius 2 is 2.00 bits per heavy atom. The summed E-state index contributed by atoms with van der Waals surface area (Å²) in [6.45, 7) is 2.02. The van der Waals surface area contributed by atoms with Crippen molar-refractivity contribution in [3.8, 4) is 0 Å². The van der Waals surface area contributed by atoms with E-state index in [0.29, 0.717) is 6.42 Å². The Labute approximate surface area is 102 Å². The van der Waals surface area contributed by atoms with Crippen LogP contribution in [0.2, 0.25) is 0 Å². The van der Waals surface area contributed by atoms with Crippen molar-refractivity contribution in [2.45, 2.75) is 25.4 Å². The third-order valence-electron chi connectivity index (χ3n) is 3.31. The van der Waals surface area contributed by atoms with Gasteiger partial charge >= 0.3 is 0 Å². The number of aliphatic hydroxyl groups is 1. The number of benzene rings is 1. The molecule has 0 aromatic heterocycles. The maximum absolute atomic E-state index is 12.7. The van der Waals surface area contributed by atoms with Gasteiger partial charge < -0.3 is 10.0 Å². The molecule has 1 aliphatic rings. The molecular formula is C14H20FNO. The van der Waals surface area contributed by atoms with E-state index in [2.05, 4.69) is 11.9 Å². The summed E-state index contributed by atoms with van der Waals surface area (Å²) in [4.78, 5) is 2.27. The number of rotatable bonds is 6. The Morgan fingerprint density at radius 1 is 1.35 bits per heavy atom. The molecule has 1 N–H and O–H groups in total. The lowest BCUT2D eigenvalue weighted by Gasteiger charge is -2.18. The molecular weight excluding hydrogens is 217 g/mol. The molecule has 1 unspecified atom stereocenters. The molecule has 0 radical (unpaired) electrons. The smallest absolute Gasteiger partial charge is 0.123 e. The van der Waals surface area contributed by atoms with Gasteiger partial charge in [0.1, 0.15) is 5.82 Å². The summed E-state index contributed by atoms with van der Waals surface area (Å²) in [6, 6.07) is 6.10. The molecule has 0 aliphatic heterocycles. The van der Waals surface area contributed by atoms with E-state index in [1.807, 2.05) is 0 Å². The van der Waals surface area contributed by atoms with E-state index < -0.39 is 6.10 Å². The first-order valence-electron chi connectivity index (χ1n) is 6.27. The highest BCUT2D eigenvalue weighted by Crippen LogP contribution is 2.29. The summed E-state index contributed by atoms with van der Waals surface area (Å²) in [5.41, 5.74) is 0.797. The highest BCUT2D eigenvalue weighted by molar-refractivity contribution is 5.18. The van der Waals surface area contributed by atoms with E-state index in [9.17, 15) is 9.50 Å². The minimum absolute atomic E-state index is 0.258. The highest BCUT2D eigenvalue weighted by Gasteiger charge is 2.22. The Morgan fingerprint density at radius 3 is 2.59 bits per heavy atom. The Bertz CT molecular complexity index is 348. The SMILES string of the molecule is CN(CCC(O)c1ccc(F)cc1)CC1CC1. The van der Waals surface area contributed by atoms with Crippen LogP contribution in [0.3, 0.4) is 0 Å². The van der Waals surface area contributed by atoms with E-state index in [1.54, 1.807) is 12.1 Å². The molecule has 0 saturated heterocycles. The summed E-state index contributed by atoms with van der Waals surface area (Å²) in [5.74, 6) is 0.620. The summed E-state index contributed by atoms with van der Waals surface area (Å²) in [5, 5.41) is 9.96. The zero-order valence-corrected chi connectivity index (χ0v) is 10.3. The average molecular weight is 237 g/mol. The zero-order chi connectivity index (χ0) is 12.3. The second kappa shape index (κ2) is 5.61. The molecule has 1 aliphatic carbocycles. The molecule has 0 bridgehead atoms. The van der Waals surface area contributed by atoms with Gasteiger partial charge in [-0.05, 0) is 49.9 Å². The summed E-state index contributed by atoms with van der Waals surface area (Å²) in [7, 11) is 2.09. The van der Waals surface area contributed by atoms with Crippen molar-refractivity contribution in [3.05, 3.63) is 35.6 Å². The topological polar surface area (TPSA) is 23.5 Å². The third kappa shape index (κ3) is 4.10. The summed E-state index contributed by atoms with van der Waals surface area (Å²) >= 11 is 0. The molecule has 2 rings (SSSR count). The van der Waals surface area contributed by atoms with Crippen LogP contribution >= 0.6 is 0 Å². The van der Waals surface area contributed by atoms with Crippen molar-refractivity contribution in [1.82, 2.24) is 4.90 Å². The fourth-order valence-corrected chi connectivity index (χ4v) is 2.03. The number of nitrogens with zero attached hydrogens (tertiary/aromatic N) is 1. The van der Waals surface area contributed by atoms with Crippen LogP contribution in [-0.4, -0.2) is 30.1 Å². The molecule has 94 valence electrons. The minimum Gasteiger partial charge on any atom is -0.388 e. The molecule has 1 atom stereocenters. The maximum atomic E-state index is 12.7. The standard InChI is InChI=1S/C14H20FNO/c1-16(10-11-2-3-11)9-8-14(17)12-4-6-13(15)7-5-12/h4-7,11,14,17H,2-3,8-10H2,1H3. The van der Waals surface area contributed by atoms with E-state index in [4.69, 9.17) is 0 Å². The Balaban J connectivity index is 1.75. The van der Waals surface area contributed by atoms with Crippen molar-refractivity contribution in [1.29, 1.82) is 0 Å². The van der Waals surface area contributed by atoms with Crippen LogP contribution in [-0.2, 0) is 0 Å². The van der Waals surface area contributed by atoms with Crippen molar-refractivity contribution < 1.29 is 9.50 Å². The molecule has 17 heavy (non-hydrogen) atoms. The van der Waals surface area contributed by atoms with Crippen LogP contribution in [0.4, 0.5) is 4.39 Å². The fourth-order valence-electron chi connectivity index (χ4n) is 2.03. The molecule has 3 heteroatoms. The predicted octanol–water partition coefficient (Wildman–Crippen LogP) is 2.59.